The molecule has 0 N–H and O–H groups in total. The summed E-state index contributed by atoms with van der Waals surface area (Å²) in [5.41, 5.74) is 2.26. The number of methoxy groups -OCH3 is 1. The van der Waals surface area contributed by atoms with E-state index in [0.717, 1.165) is 24.0 Å². The molecule has 3 aromatic rings. The molecule has 170 valence electrons. The van der Waals surface area contributed by atoms with Crippen LogP contribution in [0.1, 0.15) is 37.3 Å². The minimum absolute atomic E-state index is 0.169. The van der Waals surface area contributed by atoms with Crippen LogP contribution in [0.3, 0.4) is 0 Å². The Bertz CT molecular complexity index is 1020. The number of nitrogens with zero attached hydrogens (tertiary/aromatic N) is 2. The van der Waals surface area contributed by atoms with Gasteiger partial charge in [0.25, 0.3) is 11.8 Å². The van der Waals surface area contributed by atoms with Gasteiger partial charge in [-0.3, -0.25) is 9.59 Å². The Morgan fingerprint density at radius 1 is 0.727 bits per heavy atom. The van der Waals surface area contributed by atoms with Crippen molar-refractivity contribution < 1.29 is 14.3 Å². The molecule has 1 saturated heterocycles. The molecule has 5 heteroatoms. The molecular weight excluding hydrogens is 412 g/mol. The third-order valence-electron chi connectivity index (χ3n) is 6.20. The highest BCUT2D eigenvalue weighted by molar-refractivity contribution is 6.26. The molecular formula is C28H30N2O3. The number of carbonyl (C=O) groups is 2. The Labute approximate surface area is 195 Å². The van der Waals surface area contributed by atoms with Crippen LogP contribution in [0.4, 0.5) is 11.4 Å². The second-order valence-electron chi connectivity index (χ2n) is 8.52. The fourth-order valence-electron chi connectivity index (χ4n) is 4.48. The van der Waals surface area contributed by atoms with Gasteiger partial charge >= 0.3 is 0 Å². The monoisotopic (exact) mass is 442 g/mol. The summed E-state index contributed by atoms with van der Waals surface area (Å²) in [5.74, 6) is -0.339. The average Bonchev–Trinajstić information content (AvgIpc) is 3.07. The van der Waals surface area contributed by atoms with E-state index in [0.29, 0.717) is 30.8 Å². The minimum atomic E-state index is -1.15. The quantitative estimate of drug-likeness (QED) is 0.409. The van der Waals surface area contributed by atoms with Gasteiger partial charge in [0, 0.05) is 7.11 Å². The Hall–Kier alpha value is -3.44. The summed E-state index contributed by atoms with van der Waals surface area (Å²) in [6, 6.07) is 26.8. The maximum atomic E-state index is 14.1. The molecule has 0 aromatic heterocycles. The lowest BCUT2D eigenvalue weighted by molar-refractivity contribution is -0.135. The van der Waals surface area contributed by atoms with Crippen molar-refractivity contribution in [1.82, 2.24) is 0 Å². The normalized spacial score (nSPS) is 15.3. The van der Waals surface area contributed by atoms with Crippen LogP contribution in [0.25, 0.3) is 0 Å². The Morgan fingerprint density at radius 2 is 1.21 bits per heavy atom. The SMILES string of the molecule is CCCCC1(Cc2ccc(COC)cc2)C(=O)N(c2ccccc2)N(c2ccccc2)C1=O. The van der Waals surface area contributed by atoms with Crippen LogP contribution < -0.4 is 10.0 Å². The van der Waals surface area contributed by atoms with Crippen molar-refractivity contribution >= 4 is 23.2 Å². The Kier molecular flexibility index (Phi) is 6.90. The molecule has 0 aliphatic carbocycles. The van der Waals surface area contributed by atoms with E-state index in [1.165, 1.54) is 0 Å². The first-order chi connectivity index (χ1) is 16.1. The average molecular weight is 443 g/mol. The van der Waals surface area contributed by atoms with Crippen LogP contribution in [0.5, 0.6) is 0 Å². The molecule has 2 amide bonds. The zero-order valence-electron chi connectivity index (χ0n) is 19.2. The zero-order valence-corrected chi connectivity index (χ0v) is 19.2. The summed E-state index contributed by atoms with van der Waals surface area (Å²) in [6.07, 6.45) is 2.58. The molecule has 0 saturated carbocycles. The molecule has 33 heavy (non-hydrogen) atoms. The van der Waals surface area contributed by atoms with Crippen molar-refractivity contribution in [2.45, 2.75) is 39.2 Å². The molecule has 0 bridgehead atoms. The van der Waals surface area contributed by atoms with Crippen LogP contribution in [-0.2, 0) is 27.4 Å². The van der Waals surface area contributed by atoms with Crippen molar-refractivity contribution in [1.29, 1.82) is 0 Å². The van der Waals surface area contributed by atoms with Crippen molar-refractivity contribution in [2.24, 2.45) is 5.41 Å². The number of benzene rings is 3. The smallest absolute Gasteiger partial charge is 0.262 e. The molecule has 3 aromatic carbocycles. The second kappa shape index (κ2) is 10.0. The lowest BCUT2D eigenvalue weighted by Gasteiger charge is -2.27. The summed E-state index contributed by atoms with van der Waals surface area (Å²) < 4.78 is 5.21. The molecule has 1 heterocycles. The van der Waals surface area contributed by atoms with Crippen LogP contribution in [-0.4, -0.2) is 18.9 Å². The van der Waals surface area contributed by atoms with Crippen molar-refractivity contribution in [3.05, 3.63) is 96.1 Å². The summed E-state index contributed by atoms with van der Waals surface area (Å²) in [4.78, 5) is 28.3. The van der Waals surface area contributed by atoms with Gasteiger partial charge in [-0.25, -0.2) is 10.0 Å². The van der Waals surface area contributed by atoms with E-state index in [1.807, 2.05) is 84.9 Å². The van der Waals surface area contributed by atoms with E-state index in [9.17, 15) is 9.59 Å². The first-order valence-corrected chi connectivity index (χ1v) is 11.5. The topological polar surface area (TPSA) is 49.9 Å². The minimum Gasteiger partial charge on any atom is -0.380 e. The maximum absolute atomic E-state index is 14.1. The van der Waals surface area contributed by atoms with Gasteiger partial charge in [0.05, 0.1) is 18.0 Å². The van der Waals surface area contributed by atoms with Crippen LogP contribution in [0.2, 0.25) is 0 Å². The molecule has 4 rings (SSSR count). The predicted molar refractivity (Wildman–Crippen MR) is 131 cm³/mol. The Balaban J connectivity index is 1.79. The van der Waals surface area contributed by atoms with Gasteiger partial charge in [-0.15, -0.1) is 0 Å². The van der Waals surface area contributed by atoms with Gasteiger partial charge in [-0.1, -0.05) is 80.4 Å². The predicted octanol–water partition coefficient (Wildman–Crippen LogP) is 5.55. The highest BCUT2D eigenvalue weighted by atomic mass is 16.5. The number of unbranched alkanes of at least 4 members (excludes halogenated alkanes) is 1. The first kappa shape index (κ1) is 22.7. The van der Waals surface area contributed by atoms with Crippen LogP contribution in [0, 0.1) is 5.41 Å². The highest BCUT2D eigenvalue weighted by Crippen LogP contribution is 2.43. The molecule has 1 aliphatic heterocycles. The third-order valence-corrected chi connectivity index (χ3v) is 6.20. The zero-order chi connectivity index (χ0) is 23.3. The van der Waals surface area contributed by atoms with Gasteiger partial charge < -0.3 is 4.74 Å². The highest BCUT2D eigenvalue weighted by Gasteiger charge is 2.58. The maximum Gasteiger partial charge on any atom is 0.262 e. The van der Waals surface area contributed by atoms with E-state index < -0.39 is 5.41 Å². The summed E-state index contributed by atoms with van der Waals surface area (Å²) in [5, 5.41) is 3.12. The fourth-order valence-corrected chi connectivity index (χ4v) is 4.48. The molecule has 1 aliphatic rings. The van der Waals surface area contributed by atoms with E-state index >= 15 is 0 Å². The molecule has 0 radical (unpaired) electrons. The van der Waals surface area contributed by atoms with Gasteiger partial charge in [0.15, 0.2) is 0 Å². The van der Waals surface area contributed by atoms with E-state index in [1.54, 1.807) is 17.1 Å². The summed E-state index contributed by atoms with van der Waals surface area (Å²) in [6.45, 7) is 2.61. The summed E-state index contributed by atoms with van der Waals surface area (Å²) >= 11 is 0. The Morgan fingerprint density at radius 3 is 1.67 bits per heavy atom. The first-order valence-electron chi connectivity index (χ1n) is 11.5. The summed E-state index contributed by atoms with van der Waals surface area (Å²) in [7, 11) is 1.67. The molecule has 0 unspecified atom stereocenters. The van der Waals surface area contributed by atoms with Crippen molar-refractivity contribution in [3.63, 3.8) is 0 Å². The number of hydrazine groups is 1. The number of carbonyl (C=O) groups excluding carboxylic acids is 2. The van der Waals surface area contributed by atoms with Crippen LogP contribution >= 0.6 is 0 Å². The lowest BCUT2D eigenvalue weighted by Crippen LogP contribution is -2.41. The van der Waals surface area contributed by atoms with Crippen molar-refractivity contribution in [2.75, 3.05) is 17.1 Å². The molecule has 0 atom stereocenters. The van der Waals surface area contributed by atoms with Crippen molar-refractivity contribution in [3.8, 4) is 0 Å². The number of ether oxygens (including phenoxy) is 1. The number of anilines is 2. The number of para-hydroxylation sites is 2. The third kappa shape index (κ3) is 4.41. The van der Waals surface area contributed by atoms with Gasteiger partial charge in [-0.2, -0.15) is 0 Å². The standard InChI is InChI=1S/C28H30N2O3/c1-3-4-19-28(20-22-15-17-23(18-16-22)21-33-2)26(31)29(24-11-7-5-8-12-24)30(27(28)32)25-13-9-6-10-14-25/h5-18H,3-4,19-21H2,1-2H3. The van der Waals surface area contributed by atoms with Crippen LogP contribution in [0.15, 0.2) is 84.9 Å². The molecule has 1 fully saturated rings. The number of hydrogen-bond acceptors (Lipinski definition) is 3. The molecule has 5 nitrogen and oxygen atoms in total. The number of rotatable bonds is 9. The lowest BCUT2D eigenvalue weighted by atomic mass is 9.76. The van der Waals surface area contributed by atoms with Gasteiger partial charge in [-0.05, 0) is 48.2 Å². The van der Waals surface area contributed by atoms with E-state index in [2.05, 4.69) is 6.92 Å². The van der Waals surface area contributed by atoms with E-state index in [-0.39, 0.29) is 11.8 Å². The number of amides is 2. The van der Waals surface area contributed by atoms with Gasteiger partial charge in [0.2, 0.25) is 0 Å². The fraction of sp³-hybridized carbons (Fsp3) is 0.286. The number of hydrogen-bond donors (Lipinski definition) is 0. The van der Waals surface area contributed by atoms with E-state index in [4.69, 9.17) is 4.74 Å². The second-order valence-corrected chi connectivity index (χ2v) is 8.52. The van der Waals surface area contributed by atoms with Gasteiger partial charge in [0.1, 0.15) is 5.41 Å². The molecule has 0 spiro atoms. The largest absolute Gasteiger partial charge is 0.380 e.